The number of benzene rings is 1. The Balaban J connectivity index is 1.62. The Morgan fingerprint density at radius 1 is 1.14 bits per heavy atom. The van der Waals surface area contributed by atoms with Crippen LogP contribution in [-0.2, 0) is 13.6 Å². The third-order valence-corrected chi connectivity index (χ3v) is 4.79. The summed E-state index contributed by atoms with van der Waals surface area (Å²) in [4.78, 5) is 6.99. The largest absolute Gasteiger partial charge is 0.334 e. The van der Waals surface area contributed by atoms with Gasteiger partial charge in [0.1, 0.15) is 5.82 Å². The van der Waals surface area contributed by atoms with Gasteiger partial charge >= 0.3 is 0 Å². The molecule has 0 saturated carbocycles. The number of likely N-dealkylation sites (tertiary alicyclic amines) is 1. The maximum atomic E-state index is 4.40. The summed E-state index contributed by atoms with van der Waals surface area (Å²) in [7, 11) is 2.11. The quantitative estimate of drug-likeness (QED) is 0.859. The van der Waals surface area contributed by atoms with Crippen LogP contribution in [-0.4, -0.2) is 27.5 Å². The Hall–Kier alpha value is -1.61. The van der Waals surface area contributed by atoms with Gasteiger partial charge in [0.25, 0.3) is 0 Å². The lowest BCUT2D eigenvalue weighted by Crippen LogP contribution is -2.25. The van der Waals surface area contributed by atoms with E-state index in [1.165, 1.54) is 43.6 Å². The van der Waals surface area contributed by atoms with Crippen molar-refractivity contribution in [2.24, 2.45) is 7.05 Å². The summed E-state index contributed by atoms with van der Waals surface area (Å²) in [6.07, 6.45) is 5.89. The molecular weight excluding hydrogens is 258 g/mol. The van der Waals surface area contributed by atoms with Crippen molar-refractivity contribution in [2.75, 3.05) is 13.1 Å². The lowest BCUT2D eigenvalue weighted by atomic mass is 9.92. The molecular formula is C18H25N3. The molecule has 21 heavy (non-hydrogen) atoms. The van der Waals surface area contributed by atoms with Crippen LogP contribution in [0.2, 0.25) is 0 Å². The number of hydrogen-bond donors (Lipinski definition) is 0. The van der Waals surface area contributed by atoms with E-state index in [1.807, 2.05) is 6.20 Å². The molecule has 1 aromatic carbocycles. The van der Waals surface area contributed by atoms with E-state index >= 15 is 0 Å². The van der Waals surface area contributed by atoms with E-state index in [2.05, 4.69) is 58.8 Å². The monoisotopic (exact) mass is 283 g/mol. The summed E-state index contributed by atoms with van der Waals surface area (Å²) in [6.45, 7) is 5.48. The molecule has 3 nitrogen and oxygen atoms in total. The lowest BCUT2D eigenvalue weighted by Gasteiger charge is -2.20. The first-order valence-corrected chi connectivity index (χ1v) is 7.98. The number of aryl methyl sites for hydroxylation is 1. The molecule has 0 aliphatic carbocycles. The van der Waals surface area contributed by atoms with E-state index < -0.39 is 0 Å². The van der Waals surface area contributed by atoms with Crippen molar-refractivity contribution in [2.45, 2.75) is 38.6 Å². The normalized spacial score (nSPS) is 20.4. The van der Waals surface area contributed by atoms with E-state index in [9.17, 15) is 0 Å². The van der Waals surface area contributed by atoms with Gasteiger partial charge in [-0.25, -0.2) is 4.98 Å². The number of nitrogens with zero attached hydrogens (tertiary/aromatic N) is 3. The maximum absolute atomic E-state index is 4.40. The second kappa shape index (κ2) is 6.44. The number of imidazole rings is 1. The molecule has 112 valence electrons. The molecule has 0 bridgehead atoms. The lowest BCUT2D eigenvalue weighted by molar-refractivity contribution is 0.269. The van der Waals surface area contributed by atoms with Gasteiger partial charge in [0.05, 0.1) is 5.69 Å². The molecule has 3 rings (SSSR count). The summed E-state index contributed by atoms with van der Waals surface area (Å²) >= 11 is 0. The zero-order chi connectivity index (χ0) is 14.7. The summed E-state index contributed by atoms with van der Waals surface area (Å²) in [5.74, 6) is 1.83. The Bertz CT molecular complexity index is 573. The topological polar surface area (TPSA) is 21.1 Å². The van der Waals surface area contributed by atoms with Gasteiger partial charge in [-0.2, -0.15) is 0 Å². The number of hydrogen-bond acceptors (Lipinski definition) is 2. The van der Waals surface area contributed by atoms with Crippen molar-refractivity contribution in [1.29, 1.82) is 0 Å². The molecule has 0 amide bonds. The van der Waals surface area contributed by atoms with Gasteiger partial charge in [0.2, 0.25) is 0 Å². The SMILES string of the molecule is Cc1ncc(CN2CCC[C@H](c3ccccc3)CC2)n1C. The summed E-state index contributed by atoms with van der Waals surface area (Å²) < 4.78 is 2.21. The molecule has 3 heteroatoms. The van der Waals surface area contributed by atoms with Crippen molar-refractivity contribution in [3.05, 3.63) is 53.6 Å². The zero-order valence-corrected chi connectivity index (χ0v) is 13.1. The van der Waals surface area contributed by atoms with Crippen molar-refractivity contribution in [3.63, 3.8) is 0 Å². The molecule has 0 unspecified atom stereocenters. The van der Waals surface area contributed by atoms with Crippen LogP contribution in [0.15, 0.2) is 36.5 Å². The van der Waals surface area contributed by atoms with E-state index in [0.717, 1.165) is 18.3 Å². The summed E-state index contributed by atoms with van der Waals surface area (Å²) in [5, 5.41) is 0. The van der Waals surface area contributed by atoms with Crippen LogP contribution in [0.3, 0.4) is 0 Å². The van der Waals surface area contributed by atoms with Crippen LogP contribution in [0, 0.1) is 6.92 Å². The molecule has 1 fully saturated rings. The van der Waals surface area contributed by atoms with Crippen LogP contribution >= 0.6 is 0 Å². The molecule has 1 aliphatic rings. The van der Waals surface area contributed by atoms with Crippen LogP contribution in [0.4, 0.5) is 0 Å². The third-order valence-electron chi connectivity index (χ3n) is 4.79. The highest BCUT2D eigenvalue weighted by molar-refractivity contribution is 5.19. The predicted octanol–water partition coefficient (Wildman–Crippen LogP) is 3.50. The smallest absolute Gasteiger partial charge is 0.105 e. The molecule has 1 saturated heterocycles. The third kappa shape index (κ3) is 3.35. The second-order valence-corrected chi connectivity index (χ2v) is 6.17. The highest BCUT2D eigenvalue weighted by Crippen LogP contribution is 2.28. The second-order valence-electron chi connectivity index (χ2n) is 6.17. The van der Waals surface area contributed by atoms with Crippen LogP contribution < -0.4 is 0 Å². The fraction of sp³-hybridized carbons (Fsp3) is 0.500. The minimum atomic E-state index is 0.726. The van der Waals surface area contributed by atoms with Crippen LogP contribution in [0.5, 0.6) is 0 Å². The molecule has 1 atom stereocenters. The van der Waals surface area contributed by atoms with Gasteiger partial charge in [-0.1, -0.05) is 30.3 Å². The van der Waals surface area contributed by atoms with Gasteiger partial charge in [-0.15, -0.1) is 0 Å². The summed E-state index contributed by atoms with van der Waals surface area (Å²) in [5.41, 5.74) is 2.83. The first kappa shape index (κ1) is 14.3. The van der Waals surface area contributed by atoms with Gasteiger partial charge in [0.15, 0.2) is 0 Å². The van der Waals surface area contributed by atoms with Gasteiger partial charge in [0, 0.05) is 19.8 Å². The fourth-order valence-electron chi connectivity index (χ4n) is 3.30. The average molecular weight is 283 g/mol. The van der Waals surface area contributed by atoms with E-state index in [-0.39, 0.29) is 0 Å². The Morgan fingerprint density at radius 3 is 2.67 bits per heavy atom. The zero-order valence-electron chi connectivity index (χ0n) is 13.1. The van der Waals surface area contributed by atoms with Crippen LogP contribution in [0.1, 0.15) is 42.3 Å². The molecule has 0 N–H and O–H groups in total. The minimum Gasteiger partial charge on any atom is -0.334 e. The van der Waals surface area contributed by atoms with Gasteiger partial charge in [-0.3, -0.25) is 4.90 Å². The van der Waals surface area contributed by atoms with Gasteiger partial charge in [-0.05, 0) is 50.8 Å². The number of rotatable bonds is 3. The molecule has 1 aliphatic heterocycles. The van der Waals surface area contributed by atoms with Gasteiger partial charge < -0.3 is 4.57 Å². The predicted molar refractivity (Wildman–Crippen MR) is 86.3 cm³/mol. The van der Waals surface area contributed by atoms with Crippen molar-refractivity contribution < 1.29 is 0 Å². The molecule has 0 radical (unpaired) electrons. The molecule has 1 aromatic heterocycles. The highest BCUT2D eigenvalue weighted by Gasteiger charge is 2.19. The van der Waals surface area contributed by atoms with Crippen molar-refractivity contribution in [3.8, 4) is 0 Å². The fourth-order valence-corrected chi connectivity index (χ4v) is 3.30. The first-order valence-electron chi connectivity index (χ1n) is 7.98. The number of aromatic nitrogens is 2. The highest BCUT2D eigenvalue weighted by atomic mass is 15.2. The van der Waals surface area contributed by atoms with Crippen molar-refractivity contribution >= 4 is 0 Å². The maximum Gasteiger partial charge on any atom is 0.105 e. The van der Waals surface area contributed by atoms with E-state index in [4.69, 9.17) is 0 Å². The average Bonchev–Trinajstić information content (AvgIpc) is 2.72. The first-order chi connectivity index (χ1) is 10.2. The Kier molecular flexibility index (Phi) is 4.39. The van der Waals surface area contributed by atoms with E-state index in [1.54, 1.807) is 0 Å². The Labute approximate surface area is 127 Å². The van der Waals surface area contributed by atoms with E-state index in [0.29, 0.717) is 0 Å². The van der Waals surface area contributed by atoms with Crippen LogP contribution in [0.25, 0.3) is 0 Å². The summed E-state index contributed by atoms with van der Waals surface area (Å²) in [6, 6.07) is 11.0. The molecule has 2 heterocycles. The Morgan fingerprint density at radius 2 is 1.95 bits per heavy atom. The minimum absolute atomic E-state index is 0.726. The van der Waals surface area contributed by atoms with Crippen molar-refractivity contribution in [1.82, 2.24) is 14.5 Å². The molecule has 2 aromatic rings. The standard InChI is InChI=1S/C18H25N3/c1-15-19-13-18(20(15)2)14-21-11-6-9-17(10-12-21)16-7-4-3-5-8-16/h3-5,7-8,13,17H,6,9-12,14H2,1-2H3/t17-/m0/s1. The molecule has 0 spiro atoms.